The molecule has 0 aromatic heterocycles. The van der Waals surface area contributed by atoms with Gasteiger partial charge in [0, 0.05) is 12.3 Å². The molecule has 0 spiro atoms. The van der Waals surface area contributed by atoms with Gasteiger partial charge in [-0.25, -0.2) is 8.42 Å². The Morgan fingerprint density at radius 3 is 2.50 bits per heavy atom. The van der Waals surface area contributed by atoms with Crippen molar-refractivity contribution in [3.63, 3.8) is 0 Å². The van der Waals surface area contributed by atoms with Gasteiger partial charge in [0.2, 0.25) is 0 Å². The van der Waals surface area contributed by atoms with Crippen LogP contribution in [0.4, 0.5) is 0 Å². The summed E-state index contributed by atoms with van der Waals surface area (Å²) in [5.74, 6) is 0. The molecular weight excluding hydrogens is 200 g/mol. The summed E-state index contributed by atoms with van der Waals surface area (Å²) in [5.41, 5.74) is 11.1. The molecule has 1 aliphatic rings. The lowest BCUT2D eigenvalue weighted by molar-refractivity contribution is 0.453. The van der Waals surface area contributed by atoms with Crippen molar-refractivity contribution in [1.29, 1.82) is 0 Å². The number of allylic oxidation sites excluding steroid dienone is 1. The summed E-state index contributed by atoms with van der Waals surface area (Å²) in [5, 5.41) is 0. The fourth-order valence-electron chi connectivity index (χ4n) is 1.34. The predicted molar refractivity (Wildman–Crippen MR) is 57.3 cm³/mol. The van der Waals surface area contributed by atoms with Crippen LogP contribution in [0, 0.1) is 0 Å². The lowest BCUT2D eigenvalue weighted by Crippen LogP contribution is -2.53. The van der Waals surface area contributed by atoms with E-state index in [2.05, 4.69) is 0 Å². The average Bonchev–Trinajstić information content (AvgIpc) is 2.08. The minimum atomic E-state index is -3.18. The van der Waals surface area contributed by atoms with Crippen LogP contribution in [0.1, 0.15) is 13.3 Å². The fourth-order valence-corrected chi connectivity index (χ4v) is 2.05. The van der Waals surface area contributed by atoms with Gasteiger partial charge in [-0.3, -0.25) is 0 Å². The van der Waals surface area contributed by atoms with E-state index in [0.29, 0.717) is 6.42 Å². The molecule has 0 heterocycles. The zero-order chi connectivity index (χ0) is 11.0. The monoisotopic (exact) mass is 216 g/mol. The summed E-state index contributed by atoms with van der Waals surface area (Å²) in [4.78, 5) is 0.250. The second-order valence-corrected chi connectivity index (χ2v) is 5.68. The summed E-state index contributed by atoms with van der Waals surface area (Å²) in [6.07, 6.45) is 6.55. The molecule has 1 aliphatic carbocycles. The van der Waals surface area contributed by atoms with Crippen LogP contribution in [-0.4, -0.2) is 26.3 Å². The van der Waals surface area contributed by atoms with Crippen molar-refractivity contribution in [2.24, 2.45) is 11.5 Å². The SMILES string of the molecule is CCC1(N)C=CC(S(C)(=O)=O)=CC1N. The highest BCUT2D eigenvalue weighted by atomic mass is 32.2. The van der Waals surface area contributed by atoms with E-state index in [1.165, 1.54) is 12.2 Å². The van der Waals surface area contributed by atoms with E-state index >= 15 is 0 Å². The topological polar surface area (TPSA) is 86.2 Å². The van der Waals surface area contributed by atoms with Crippen LogP contribution < -0.4 is 11.5 Å². The second kappa shape index (κ2) is 3.49. The highest BCUT2D eigenvalue weighted by molar-refractivity contribution is 7.94. The molecule has 1 rings (SSSR count). The van der Waals surface area contributed by atoms with E-state index in [9.17, 15) is 8.42 Å². The van der Waals surface area contributed by atoms with Gasteiger partial charge in [0.1, 0.15) is 0 Å². The maximum atomic E-state index is 11.2. The van der Waals surface area contributed by atoms with E-state index in [4.69, 9.17) is 11.5 Å². The molecule has 0 amide bonds. The van der Waals surface area contributed by atoms with Crippen LogP contribution in [0.3, 0.4) is 0 Å². The highest BCUT2D eigenvalue weighted by Crippen LogP contribution is 2.23. The Balaban J connectivity index is 3.05. The van der Waals surface area contributed by atoms with Crippen LogP contribution in [0.5, 0.6) is 0 Å². The van der Waals surface area contributed by atoms with E-state index in [1.54, 1.807) is 6.08 Å². The maximum Gasteiger partial charge on any atom is 0.175 e. The Morgan fingerprint density at radius 2 is 2.14 bits per heavy atom. The van der Waals surface area contributed by atoms with Gasteiger partial charge in [-0.2, -0.15) is 0 Å². The Hall–Kier alpha value is -0.650. The van der Waals surface area contributed by atoms with Crippen LogP contribution >= 0.6 is 0 Å². The third kappa shape index (κ3) is 2.05. The van der Waals surface area contributed by atoms with Crippen LogP contribution in [0.25, 0.3) is 0 Å². The molecule has 0 bridgehead atoms. The molecule has 4 nitrogen and oxygen atoms in total. The molecule has 0 aromatic carbocycles. The van der Waals surface area contributed by atoms with Gasteiger partial charge >= 0.3 is 0 Å². The standard InChI is InChI=1S/C9H16N2O2S/c1-3-9(11)5-4-7(6-8(9)10)14(2,12)13/h4-6,8H,3,10-11H2,1-2H3. The molecule has 2 unspecified atom stereocenters. The Bertz CT molecular complexity index is 384. The quantitative estimate of drug-likeness (QED) is 0.676. The van der Waals surface area contributed by atoms with Crippen molar-refractivity contribution in [3.8, 4) is 0 Å². The van der Waals surface area contributed by atoms with Crippen molar-refractivity contribution >= 4 is 9.84 Å². The average molecular weight is 216 g/mol. The summed E-state index contributed by atoms with van der Waals surface area (Å²) in [6, 6.07) is -0.442. The number of nitrogens with two attached hydrogens (primary N) is 2. The zero-order valence-corrected chi connectivity index (χ0v) is 9.21. The molecule has 5 heteroatoms. The van der Waals surface area contributed by atoms with Gasteiger partial charge in [-0.05, 0) is 18.6 Å². The molecule has 0 aromatic rings. The Kier molecular flexibility index (Phi) is 2.85. The van der Waals surface area contributed by atoms with Gasteiger partial charge in [0.15, 0.2) is 9.84 Å². The van der Waals surface area contributed by atoms with E-state index in [1.807, 2.05) is 6.92 Å². The predicted octanol–water partition coefficient (Wildman–Crippen LogP) is -0.0805. The summed E-state index contributed by atoms with van der Waals surface area (Å²) >= 11 is 0. The summed E-state index contributed by atoms with van der Waals surface area (Å²) in [6.45, 7) is 1.92. The molecular formula is C9H16N2O2S. The van der Waals surface area contributed by atoms with E-state index in [-0.39, 0.29) is 4.91 Å². The van der Waals surface area contributed by atoms with Crippen molar-refractivity contribution in [2.45, 2.75) is 24.9 Å². The first-order valence-corrected chi connectivity index (χ1v) is 6.34. The molecule has 0 fully saturated rings. The molecule has 14 heavy (non-hydrogen) atoms. The minimum absolute atomic E-state index is 0.250. The van der Waals surface area contributed by atoms with Crippen molar-refractivity contribution in [2.75, 3.05) is 6.26 Å². The van der Waals surface area contributed by atoms with Crippen molar-refractivity contribution < 1.29 is 8.42 Å². The van der Waals surface area contributed by atoms with Gasteiger partial charge in [0.05, 0.1) is 10.4 Å². The minimum Gasteiger partial charge on any atom is -0.323 e. The van der Waals surface area contributed by atoms with E-state index < -0.39 is 21.4 Å². The van der Waals surface area contributed by atoms with Gasteiger partial charge < -0.3 is 11.5 Å². The van der Waals surface area contributed by atoms with Crippen LogP contribution in [0.15, 0.2) is 23.1 Å². The molecule has 0 saturated carbocycles. The molecule has 0 aliphatic heterocycles. The number of rotatable bonds is 2. The third-order valence-electron chi connectivity index (χ3n) is 2.56. The summed E-state index contributed by atoms with van der Waals surface area (Å²) < 4.78 is 22.4. The fraction of sp³-hybridized carbons (Fsp3) is 0.556. The molecule has 4 N–H and O–H groups in total. The normalized spacial score (nSPS) is 32.9. The first-order chi connectivity index (χ1) is 6.29. The van der Waals surface area contributed by atoms with Gasteiger partial charge in [-0.1, -0.05) is 13.0 Å². The molecule has 80 valence electrons. The van der Waals surface area contributed by atoms with Gasteiger partial charge in [-0.15, -0.1) is 0 Å². The first kappa shape index (κ1) is 11.4. The Labute approximate surface area is 84.6 Å². The number of hydrogen-bond donors (Lipinski definition) is 2. The maximum absolute atomic E-state index is 11.2. The molecule has 2 atom stereocenters. The number of hydrogen-bond acceptors (Lipinski definition) is 4. The van der Waals surface area contributed by atoms with E-state index in [0.717, 1.165) is 6.26 Å². The number of sulfone groups is 1. The van der Waals surface area contributed by atoms with Crippen molar-refractivity contribution in [3.05, 3.63) is 23.1 Å². The molecule has 0 radical (unpaired) electrons. The Morgan fingerprint density at radius 1 is 1.57 bits per heavy atom. The second-order valence-electron chi connectivity index (χ2n) is 3.67. The molecule has 0 saturated heterocycles. The van der Waals surface area contributed by atoms with Gasteiger partial charge in [0.25, 0.3) is 0 Å². The lowest BCUT2D eigenvalue weighted by atomic mass is 9.85. The first-order valence-electron chi connectivity index (χ1n) is 4.45. The van der Waals surface area contributed by atoms with Crippen LogP contribution in [-0.2, 0) is 9.84 Å². The van der Waals surface area contributed by atoms with Crippen LogP contribution in [0.2, 0.25) is 0 Å². The third-order valence-corrected chi connectivity index (χ3v) is 3.69. The van der Waals surface area contributed by atoms with Crippen molar-refractivity contribution in [1.82, 2.24) is 0 Å². The largest absolute Gasteiger partial charge is 0.323 e. The lowest BCUT2D eigenvalue weighted by Gasteiger charge is -2.32. The smallest absolute Gasteiger partial charge is 0.175 e. The highest BCUT2D eigenvalue weighted by Gasteiger charge is 2.30. The summed E-state index contributed by atoms with van der Waals surface area (Å²) in [7, 11) is -3.18. The zero-order valence-electron chi connectivity index (χ0n) is 8.40.